The first-order valence-electron chi connectivity index (χ1n) is 7.73. The third-order valence-corrected chi connectivity index (χ3v) is 5.01. The SMILES string of the molecule is CC1CCCCN1c1nc2ccccc2nc1OS(=O)(=O)C(F)(F)F. The van der Waals surface area contributed by atoms with E-state index in [1.165, 1.54) is 6.07 Å². The largest absolute Gasteiger partial charge is 0.534 e. The van der Waals surface area contributed by atoms with Crippen molar-refractivity contribution >= 4 is 27.0 Å². The number of hydrogen-bond donors (Lipinski definition) is 0. The summed E-state index contributed by atoms with van der Waals surface area (Å²) in [5.41, 5.74) is -4.83. The van der Waals surface area contributed by atoms with Crippen LogP contribution in [0.4, 0.5) is 19.0 Å². The molecule has 0 amide bonds. The fraction of sp³-hybridized carbons (Fsp3) is 0.467. The molecule has 0 saturated carbocycles. The molecule has 0 bridgehead atoms. The quantitative estimate of drug-likeness (QED) is 0.606. The molecule has 1 aromatic carbocycles. The number of nitrogens with zero attached hydrogens (tertiary/aromatic N) is 3. The Bertz CT molecular complexity index is 886. The van der Waals surface area contributed by atoms with Gasteiger partial charge in [0.25, 0.3) is 5.88 Å². The Labute approximate surface area is 142 Å². The summed E-state index contributed by atoms with van der Waals surface area (Å²) < 4.78 is 65.3. The minimum atomic E-state index is -5.83. The molecule has 6 nitrogen and oxygen atoms in total. The molecule has 136 valence electrons. The Hall–Kier alpha value is -2.10. The summed E-state index contributed by atoms with van der Waals surface area (Å²) in [5.74, 6) is -0.636. The van der Waals surface area contributed by atoms with Gasteiger partial charge in [0, 0.05) is 12.6 Å². The van der Waals surface area contributed by atoms with Crippen LogP contribution in [0.2, 0.25) is 0 Å². The molecule has 3 rings (SSSR count). The van der Waals surface area contributed by atoms with E-state index >= 15 is 0 Å². The summed E-state index contributed by atoms with van der Waals surface area (Å²) in [6.45, 7) is 2.44. The van der Waals surface area contributed by atoms with E-state index in [4.69, 9.17) is 0 Å². The van der Waals surface area contributed by atoms with E-state index in [0.29, 0.717) is 12.1 Å². The van der Waals surface area contributed by atoms with E-state index in [-0.39, 0.29) is 17.4 Å². The Balaban J connectivity index is 2.13. The first-order chi connectivity index (χ1) is 11.7. The van der Waals surface area contributed by atoms with Crippen molar-refractivity contribution < 1.29 is 25.8 Å². The van der Waals surface area contributed by atoms with E-state index in [1.54, 1.807) is 23.1 Å². The smallest absolute Gasteiger partial charge is 0.351 e. The number of alkyl halides is 3. The fourth-order valence-electron chi connectivity index (χ4n) is 2.78. The zero-order valence-corrected chi connectivity index (χ0v) is 14.1. The van der Waals surface area contributed by atoms with Gasteiger partial charge in [-0.1, -0.05) is 12.1 Å². The van der Waals surface area contributed by atoms with Gasteiger partial charge in [0.2, 0.25) is 0 Å². The third kappa shape index (κ3) is 3.48. The maximum absolute atomic E-state index is 12.7. The van der Waals surface area contributed by atoms with E-state index in [1.807, 2.05) is 6.92 Å². The minimum absolute atomic E-state index is 0.0127. The van der Waals surface area contributed by atoms with Crippen molar-refractivity contribution in [3.05, 3.63) is 24.3 Å². The molecule has 2 heterocycles. The molecular weight excluding hydrogens is 359 g/mol. The Morgan fingerprint density at radius 2 is 1.80 bits per heavy atom. The Morgan fingerprint density at radius 1 is 1.16 bits per heavy atom. The second-order valence-corrected chi connectivity index (χ2v) is 7.40. The Morgan fingerprint density at radius 3 is 2.40 bits per heavy atom. The summed E-state index contributed by atoms with van der Waals surface area (Å²) in [7, 11) is -5.83. The van der Waals surface area contributed by atoms with Gasteiger partial charge in [0.05, 0.1) is 11.0 Å². The lowest BCUT2D eigenvalue weighted by Gasteiger charge is -2.34. The minimum Gasteiger partial charge on any atom is -0.351 e. The molecule has 2 aromatic rings. The summed E-state index contributed by atoms with van der Waals surface area (Å²) in [6, 6.07) is 6.51. The van der Waals surface area contributed by atoms with Gasteiger partial charge in [-0.15, -0.1) is 0 Å². The molecule has 1 aliphatic rings. The molecule has 0 radical (unpaired) electrons. The molecule has 1 atom stereocenters. The number of anilines is 1. The van der Waals surface area contributed by atoms with E-state index < -0.39 is 21.5 Å². The Kier molecular flexibility index (Phi) is 4.48. The van der Waals surface area contributed by atoms with E-state index in [2.05, 4.69) is 14.2 Å². The zero-order chi connectivity index (χ0) is 18.2. The number of piperidine rings is 1. The molecule has 0 aliphatic carbocycles. The topological polar surface area (TPSA) is 72.4 Å². The van der Waals surface area contributed by atoms with Gasteiger partial charge >= 0.3 is 15.6 Å². The predicted octanol–water partition coefficient (Wildman–Crippen LogP) is 3.24. The number of hydrogen-bond acceptors (Lipinski definition) is 6. The van der Waals surface area contributed by atoms with Crippen LogP contribution in [0, 0.1) is 0 Å². The van der Waals surface area contributed by atoms with Crippen LogP contribution in [0.1, 0.15) is 26.2 Å². The van der Waals surface area contributed by atoms with Crippen molar-refractivity contribution in [2.45, 2.75) is 37.7 Å². The molecule has 25 heavy (non-hydrogen) atoms. The lowest BCUT2D eigenvalue weighted by molar-refractivity contribution is -0.0501. The van der Waals surface area contributed by atoms with Gasteiger partial charge in [-0.05, 0) is 38.3 Å². The average Bonchev–Trinajstić information content (AvgIpc) is 2.53. The summed E-state index contributed by atoms with van der Waals surface area (Å²) >= 11 is 0. The highest BCUT2D eigenvalue weighted by molar-refractivity contribution is 7.88. The van der Waals surface area contributed by atoms with Gasteiger partial charge in [0.15, 0.2) is 5.82 Å². The standard InChI is InChI=1S/C15H16F3N3O3S/c1-10-6-4-5-9-21(10)13-14(24-25(22,23)15(16,17)18)20-12-8-3-2-7-11(12)19-13/h2-3,7-8,10H,4-6,9H2,1H3. The van der Waals surface area contributed by atoms with Crippen LogP contribution in [-0.2, 0) is 10.1 Å². The summed E-state index contributed by atoms with van der Waals surface area (Å²) in [6.07, 6.45) is 2.62. The normalized spacial score (nSPS) is 19.2. The fourth-order valence-corrected chi connectivity index (χ4v) is 3.20. The van der Waals surface area contributed by atoms with Gasteiger partial charge in [-0.3, -0.25) is 0 Å². The van der Waals surface area contributed by atoms with Gasteiger partial charge in [-0.25, -0.2) is 9.97 Å². The van der Waals surface area contributed by atoms with Crippen molar-refractivity contribution in [2.75, 3.05) is 11.4 Å². The molecule has 0 N–H and O–H groups in total. The van der Waals surface area contributed by atoms with Crippen LogP contribution in [0.25, 0.3) is 11.0 Å². The number of rotatable bonds is 3. The van der Waals surface area contributed by atoms with Crippen LogP contribution in [0.5, 0.6) is 5.88 Å². The van der Waals surface area contributed by atoms with Gasteiger partial charge < -0.3 is 9.08 Å². The second-order valence-electron chi connectivity index (χ2n) is 5.86. The van der Waals surface area contributed by atoms with Crippen molar-refractivity contribution in [2.24, 2.45) is 0 Å². The number of benzene rings is 1. The van der Waals surface area contributed by atoms with Crippen LogP contribution < -0.4 is 9.08 Å². The van der Waals surface area contributed by atoms with Crippen LogP contribution in [0.15, 0.2) is 24.3 Å². The van der Waals surface area contributed by atoms with Gasteiger partial charge in [0.1, 0.15) is 0 Å². The maximum Gasteiger partial charge on any atom is 0.534 e. The molecule has 1 fully saturated rings. The van der Waals surface area contributed by atoms with E-state index in [0.717, 1.165) is 19.3 Å². The first kappa shape index (κ1) is 17.7. The summed E-state index contributed by atoms with van der Waals surface area (Å²) in [5, 5.41) is 0. The number of para-hydroxylation sites is 2. The predicted molar refractivity (Wildman–Crippen MR) is 85.8 cm³/mol. The highest BCUT2D eigenvalue weighted by atomic mass is 32.2. The molecule has 1 saturated heterocycles. The summed E-state index contributed by atoms with van der Waals surface area (Å²) in [4.78, 5) is 10.0. The maximum atomic E-state index is 12.7. The van der Waals surface area contributed by atoms with E-state index in [9.17, 15) is 21.6 Å². The first-order valence-corrected chi connectivity index (χ1v) is 9.14. The molecule has 0 spiro atoms. The molecule has 1 unspecified atom stereocenters. The monoisotopic (exact) mass is 375 g/mol. The molecule has 1 aromatic heterocycles. The molecule has 1 aliphatic heterocycles. The molecule has 10 heteroatoms. The van der Waals surface area contributed by atoms with Crippen molar-refractivity contribution in [1.82, 2.24) is 9.97 Å². The lowest BCUT2D eigenvalue weighted by Crippen LogP contribution is -2.39. The van der Waals surface area contributed by atoms with Gasteiger partial charge in [-0.2, -0.15) is 21.6 Å². The van der Waals surface area contributed by atoms with Crippen molar-refractivity contribution in [3.63, 3.8) is 0 Å². The third-order valence-electron chi connectivity index (χ3n) is 4.07. The number of aromatic nitrogens is 2. The number of fused-ring (bicyclic) bond motifs is 1. The average molecular weight is 375 g/mol. The van der Waals surface area contributed by atoms with Crippen molar-refractivity contribution in [3.8, 4) is 5.88 Å². The highest BCUT2D eigenvalue weighted by Crippen LogP contribution is 2.35. The zero-order valence-electron chi connectivity index (χ0n) is 13.3. The van der Waals surface area contributed by atoms with Crippen molar-refractivity contribution in [1.29, 1.82) is 0 Å². The van der Waals surface area contributed by atoms with Crippen LogP contribution in [-0.4, -0.2) is 36.5 Å². The van der Waals surface area contributed by atoms with Crippen LogP contribution >= 0.6 is 0 Å². The second kappa shape index (κ2) is 6.32. The van der Waals surface area contributed by atoms with Crippen LogP contribution in [0.3, 0.4) is 0 Å². The molecular formula is C15H16F3N3O3S. The highest BCUT2D eigenvalue weighted by Gasteiger charge is 2.49. The lowest BCUT2D eigenvalue weighted by atomic mass is 10.0. The number of halogens is 3.